The molecular formula is C13H19NO3S. The van der Waals surface area contributed by atoms with E-state index in [0.717, 1.165) is 12.1 Å². The van der Waals surface area contributed by atoms with Gasteiger partial charge in [-0.25, -0.2) is 4.79 Å². The first-order chi connectivity index (χ1) is 8.67. The van der Waals surface area contributed by atoms with Crippen LogP contribution in [-0.2, 0) is 22.1 Å². The minimum atomic E-state index is -0.720. The van der Waals surface area contributed by atoms with Crippen molar-refractivity contribution in [3.05, 3.63) is 35.4 Å². The number of methoxy groups -OCH3 is 1. The standard InChI is InChI=1S/C13H19NO3S/c1-3-18(16)9-8-14-10-11-4-6-12(7-5-11)13(15)17-2/h4-7,14H,3,8-10H2,1-2H3. The number of ether oxygens (including phenoxy) is 1. The lowest BCUT2D eigenvalue weighted by atomic mass is 10.1. The van der Waals surface area contributed by atoms with E-state index in [0.29, 0.717) is 23.6 Å². The molecule has 0 saturated carbocycles. The quantitative estimate of drug-likeness (QED) is 0.599. The van der Waals surface area contributed by atoms with Crippen molar-refractivity contribution >= 4 is 16.8 Å². The van der Waals surface area contributed by atoms with E-state index in [2.05, 4.69) is 10.1 Å². The molecule has 0 heterocycles. The Bertz CT molecular complexity index is 403. The zero-order valence-corrected chi connectivity index (χ0v) is 11.6. The highest BCUT2D eigenvalue weighted by Crippen LogP contribution is 2.05. The third-order valence-corrected chi connectivity index (χ3v) is 3.84. The number of hydrogen-bond acceptors (Lipinski definition) is 4. The van der Waals surface area contributed by atoms with Crippen LogP contribution >= 0.6 is 0 Å². The molecule has 0 spiro atoms. The summed E-state index contributed by atoms with van der Waals surface area (Å²) in [6, 6.07) is 7.26. The monoisotopic (exact) mass is 269 g/mol. The van der Waals surface area contributed by atoms with Gasteiger partial charge in [0.05, 0.1) is 12.7 Å². The predicted octanol–water partition coefficient (Wildman–Crippen LogP) is 1.33. The van der Waals surface area contributed by atoms with Gasteiger partial charge in [-0.1, -0.05) is 19.1 Å². The molecule has 4 nitrogen and oxygen atoms in total. The molecule has 0 aliphatic heterocycles. The van der Waals surface area contributed by atoms with Crippen molar-refractivity contribution in [3.8, 4) is 0 Å². The molecule has 1 N–H and O–H groups in total. The van der Waals surface area contributed by atoms with Gasteiger partial charge in [-0.2, -0.15) is 0 Å². The highest BCUT2D eigenvalue weighted by Gasteiger charge is 2.04. The van der Waals surface area contributed by atoms with Crippen molar-refractivity contribution in [2.75, 3.05) is 25.2 Å². The van der Waals surface area contributed by atoms with Gasteiger partial charge in [-0.3, -0.25) is 4.21 Å². The second-order valence-electron chi connectivity index (χ2n) is 3.80. The summed E-state index contributed by atoms with van der Waals surface area (Å²) in [4.78, 5) is 11.2. The smallest absolute Gasteiger partial charge is 0.337 e. The highest BCUT2D eigenvalue weighted by molar-refractivity contribution is 7.84. The van der Waals surface area contributed by atoms with Crippen LogP contribution in [0.2, 0.25) is 0 Å². The normalized spacial score (nSPS) is 12.1. The van der Waals surface area contributed by atoms with E-state index in [1.807, 2.05) is 19.1 Å². The molecule has 0 amide bonds. The number of hydrogen-bond donors (Lipinski definition) is 1. The minimum Gasteiger partial charge on any atom is -0.465 e. The Morgan fingerprint density at radius 2 is 2.00 bits per heavy atom. The Kier molecular flexibility index (Phi) is 6.60. The predicted molar refractivity (Wildman–Crippen MR) is 73.0 cm³/mol. The van der Waals surface area contributed by atoms with E-state index >= 15 is 0 Å². The van der Waals surface area contributed by atoms with Crippen molar-refractivity contribution in [2.24, 2.45) is 0 Å². The molecule has 0 radical (unpaired) electrons. The van der Waals surface area contributed by atoms with Crippen LogP contribution < -0.4 is 5.32 Å². The van der Waals surface area contributed by atoms with Gasteiger partial charge in [0, 0.05) is 35.4 Å². The van der Waals surface area contributed by atoms with Crippen LogP contribution in [0, 0.1) is 0 Å². The van der Waals surface area contributed by atoms with Crippen LogP contribution in [0.15, 0.2) is 24.3 Å². The van der Waals surface area contributed by atoms with Gasteiger partial charge in [0.1, 0.15) is 0 Å². The Hall–Kier alpha value is -1.20. The third kappa shape index (κ3) is 4.98. The van der Waals surface area contributed by atoms with Crippen LogP contribution in [0.3, 0.4) is 0 Å². The lowest BCUT2D eigenvalue weighted by Crippen LogP contribution is -2.20. The van der Waals surface area contributed by atoms with E-state index in [4.69, 9.17) is 0 Å². The zero-order chi connectivity index (χ0) is 13.4. The number of nitrogens with one attached hydrogen (secondary N) is 1. The minimum absolute atomic E-state index is 0.326. The topological polar surface area (TPSA) is 55.4 Å². The zero-order valence-electron chi connectivity index (χ0n) is 10.8. The molecule has 1 aromatic carbocycles. The molecule has 1 aromatic rings. The average Bonchev–Trinajstić information content (AvgIpc) is 2.43. The SMILES string of the molecule is CCS(=O)CCNCc1ccc(C(=O)OC)cc1. The fourth-order valence-corrected chi connectivity index (χ4v) is 2.10. The summed E-state index contributed by atoms with van der Waals surface area (Å²) in [7, 11) is 0.647. The molecular weight excluding hydrogens is 250 g/mol. The molecule has 0 fully saturated rings. The van der Waals surface area contributed by atoms with Crippen molar-refractivity contribution in [1.29, 1.82) is 0 Å². The molecule has 0 bridgehead atoms. The highest BCUT2D eigenvalue weighted by atomic mass is 32.2. The second kappa shape index (κ2) is 8.00. The summed E-state index contributed by atoms with van der Waals surface area (Å²) < 4.78 is 15.8. The van der Waals surface area contributed by atoms with E-state index in [1.54, 1.807) is 12.1 Å². The largest absolute Gasteiger partial charge is 0.465 e. The van der Waals surface area contributed by atoms with Gasteiger partial charge in [0.25, 0.3) is 0 Å². The Morgan fingerprint density at radius 1 is 1.33 bits per heavy atom. The Balaban J connectivity index is 2.35. The average molecular weight is 269 g/mol. The van der Waals surface area contributed by atoms with Gasteiger partial charge in [-0.15, -0.1) is 0 Å². The molecule has 1 rings (SSSR count). The maximum absolute atomic E-state index is 11.2. The summed E-state index contributed by atoms with van der Waals surface area (Å²) in [5, 5.41) is 3.22. The molecule has 0 aromatic heterocycles. The summed E-state index contributed by atoms with van der Waals surface area (Å²) in [5.41, 5.74) is 1.64. The van der Waals surface area contributed by atoms with Gasteiger partial charge < -0.3 is 10.1 Å². The summed E-state index contributed by atoms with van der Waals surface area (Å²) >= 11 is 0. The summed E-state index contributed by atoms with van der Waals surface area (Å²) in [6.45, 7) is 3.36. The lowest BCUT2D eigenvalue weighted by molar-refractivity contribution is 0.0600. The van der Waals surface area contributed by atoms with E-state index in [1.165, 1.54) is 7.11 Å². The first-order valence-corrected chi connectivity index (χ1v) is 7.39. The number of benzene rings is 1. The van der Waals surface area contributed by atoms with Crippen LogP contribution in [-0.4, -0.2) is 35.3 Å². The van der Waals surface area contributed by atoms with Crippen LogP contribution in [0.4, 0.5) is 0 Å². The number of rotatable bonds is 7. The first-order valence-electron chi connectivity index (χ1n) is 5.90. The molecule has 18 heavy (non-hydrogen) atoms. The summed E-state index contributed by atoms with van der Waals surface area (Å²) in [6.07, 6.45) is 0. The van der Waals surface area contributed by atoms with Crippen LogP contribution in [0.1, 0.15) is 22.8 Å². The molecule has 0 aliphatic rings. The number of esters is 1. The maximum atomic E-state index is 11.2. The fourth-order valence-electron chi connectivity index (χ4n) is 1.44. The van der Waals surface area contributed by atoms with Crippen LogP contribution in [0.25, 0.3) is 0 Å². The first kappa shape index (κ1) is 14.9. The molecule has 100 valence electrons. The molecule has 0 saturated heterocycles. The Morgan fingerprint density at radius 3 is 2.56 bits per heavy atom. The lowest BCUT2D eigenvalue weighted by Gasteiger charge is -2.05. The third-order valence-electron chi connectivity index (χ3n) is 2.53. The molecule has 0 aliphatic carbocycles. The van der Waals surface area contributed by atoms with Gasteiger partial charge >= 0.3 is 5.97 Å². The van der Waals surface area contributed by atoms with Crippen molar-refractivity contribution < 1.29 is 13.7 Å². The van der Waals surface area contributed by atoms with Crippen LogP contribution in [0.5, 0.6) is 0 Å². The van der Waals surface area contributed by atoms with E-state index in [9.17, 15) is 9.00 Å². The van der Waals surface area contributed by atoms with Gasteiger partial charge in [0.15, 0.2) is 0 Å². The fraction of sp³-hybridized carbons (Fsp3) is 0.462. The van der Waals surface area contributed by atoms with Gasteiger partial charge in [0.2, 0.25) is 0 Å². The van der Waals surface area contributed by atoms with Crippen molar-refractivity contribution in [1.82, 2.24) is 5.32 Å². The van der Waals surface area contributed by atoms with E-state index < -0.39 is 10.8 Å². The number of carbonyl (C=O) groups excluding carboxylic acids is 1. The molecule has 1 unspecified atom stereocenters. The molecule has 1 atom stereocenters. The summed E-state index contributed by atoms with van der Waals surface area (Å²) in [5.74, 6) is 1.06. The van der Waals surface area contributed by atoms with Crippen molar-refractivity contribution in [3.63, 3.8) is 0 Å². The number of carbonyl (C=O) groups is 1. The second-order valence-corrected chi connectivity index (χ2v) is 5.66. The Labute approximate surface area is 110 Å². The molecule has 5 heteroatoms. The van der Waals surface area contributed by atoms with Crippen molar-refractivity contribution in [2.45, 2.75) is 13.5 Å². The van der Waals surface area contributed by atoms with E-state index in [-0.39, 0.29) is 5.97 Å². The van der Waals surface area contributed by atoms with Gasteiger partial charge in [-0.05, 0) is 17.7 Å². The maximum Gasteiger partial charge on any atom is 0.337 e.